The summed E-state index contributed by atoms with van der Waals surface area (Å²) in [5.41, 5.74) is 0.879. The van der Waals surface area contributed by atoms with Gasteiger partial charge < -0.3 is 10.1 Å². The highest BCUT2D eigenvalue weighted by Crippen LogP contribution is 2.17. The van der Waals surface area contributed by atoms with Crippen molar-refractivity contribution < 1.29 is 9.53 Å². The summed E-state index contributed by atoms with van der Waals surface area (Å²) in [6, 6.07) is 7.74. The number of hydrogen-bond donors (Lipinski definition) is 1. The van der Waals surface area contributed by atoms with Crippen LogP contribution >= 0.6 is 22.6 Å². The SMILES string of the molecule is CCOCCCC(=O)Nc1ccccc1I. The number of amides is 1. The molecule has 0 unspecified atom stereocenters. The average molecular weight is 333 g/mol. The Labute approximate surface area is 110 Å². The molecule has 0 saturated heterocycles. The normalized spacial score (nSPS) is 10.1. The molecule has 0 radical (unpaired) electrons. The van der Waals surface area contributed by atoms with Gasteiger partial charge in [-0.1, -0.05) is 12.1 Å². The lowest BCUT2D eigenvalue weighted by molar-refractivity contribution is -0.116. The maximum absolute atomic E-state index is 11.6. The summed E-state index contributed by atoms with van der Waals surface area (Å²) in [7, 11) is 0. The minimum Gasteiger partial charge on any atom is -0.382 e. The highest BCUT2D eigenvalue weighted by Gasteiger charge is 2.04. The molecule has 1 N–H and O–H groups in total. The van der Waals surface area contributed by atoms with E-state index in [1.807, 2.05) is 31.2 Å². The van der Waals surface area contributed by atoms with Crippen molar-refractivity contribution >= 4 is 34.2 Å². The lowest BCUT2D eigenvalue weighted by Crippen LogP contribution is -2.13. The number of benzene rings is 1. The van der Waals surface area contributed by atoms with Crippen LogP contribution in [-0.2, 0) is 9.53 Å². The van der Waals surface area contributed by atoms with E-state index in [0.717, 1.165) is 15.7 Å². The molecule has 16 heavy (non-hydrogen) atoms. The van der Waals surface area contributed by atoms with Gasteiger partial charge in [0.1, 0.15) is 0 Å². The van der Waals surface area contributed by atoms with Gasteiger partial charge in [-0.2, -0.15) is 0 Å². The van der Waals surface area contributed by atoms with E-state index in [4.69, 9.17) is 4.74 Å². The fraction of sp³-hybridized carbons (Fsp3) is 0.417. The van der Waals surface area contributed by atoms with E-state index in [9.17, 15) is 4.79 Å². The van der Waals surface area contributed by atoms with Gasteiger partial charge in [-0.3, -0.25) is 4.79 Å². The fourth-order valence-electron chi connectivity index (χ4n) is 1.25. The molecule has 1 amide bonds. The van der Waals surface area contributed by atoms with Crippen molar-refractivity contribution in [2.45, 2.75) is 19.8 Å². The predicted octanol–water partition coefficient (Wildman–Crippen LogP) is 3.05. The lowest BCUT2D eigenvalue weighted by Gasteiger charge is -2.06. The van der Waals surface area contributed by atoms with Crippen LogP contribution in [0.1, 0.15) is 19.8 Å². The van der Waals surface area contributed by atoms with Crippen molar-refractivity contribution in [3.63, 3.8) is 0 Å². The van der Waals surface area contributed by atoms with E-state index in [2.05, 4.69) is 27.9 Å². The second kappa shape index (κ2) is 7.62. The van der Waals surface area contributed by atoms with E-state index in [1.165, 1.54) is 0 Å². The minimum absolute atomic E-state index is 0.0452. The van der Waals surface area contributed by atoms with E-state index >= 15 is 0 Å². The third-order valence-electron chi connectivity index (χ3n) is 2.04. The van der Waals surface area contributed by atoms with Gasteiger partial charge in [-0.05, 0) is 48.1 Å². The molecule has 0 atom stereocenters. The molecule has 88 valence electrons. The topological polar surface area (TPSA) is 38.3 Å². The molecule has 3 nitrogen and oxygen atoms in total. The van der Waals surface area contributed by atoms with Crippen LogP contribution in [0.25, 0.3) is 0 Å². The zero-order chi connectivity index (χ0) is 11.8. The van der Waals surface area contributed by atoms with Gasteiger partial charge in [-0.25, -0.2) is 0 Å². The molecule has 1 aromatic carbocycles. The Kier molecular flexibility index (Phi) is 6.40. The number of hydrogen-bond acceptors (Lipinski definition) is 2. The Hall–Kier alpha value is -0.620. The van der Waals surface area contributed by atoms with Gasteiger partial charge in [0.25, 0.3) is 0 Å². The largest absolute Gasteiger partial charge is 0.382 e. The van der Waals surface area contributed by atoms with Crippen LogP contribution in [0.4, 0.5) is 5.69 Å². The molecule has 0 bridgehead atoms. The average Bonchev–Trinajstić information content (AvgIpc) is 2.28. The van der Waals surface area contributed by atoms with Crippen molar-refractivity contribution in [3.05, 3.63) is 27.8 Å². The van der Waals surface area contributed by atoms with Gasteiger partial charge in [0.2, 0.25) is 5.91 Å². The van der Waals surface area contributed by atoms with Crippen molar-refractivity contribution in [1.82, 2.24) is 0 Å². The molecule has 0 aliphatic carbocycles. The molecule has 1 rings (SSSR count). The van der Waals surface area contributed by atoms with Crippen LogP contribution in [0.5, 0.6) is 0 Å². The number of carbonyl (C=O) groups is 1. The third kappa shape index (κ3) is 4.94. The Balaban J connectivity index is 2.32. The van der Waals surface area contributed by atoms with Crippen molar-refractivity contribution in [2.24, 2.45) is 0 Å². The number of anilines is 1. The maximum atomic E-state index is 11.6. The monoisotopic (exact) mass is 333 g/mol. The van der Waals surface area contributed by atoms with Gasteiger partial charge in [0.15, 0.2) is 0 Å². The number of nitrogens with one attached hydrogen (secondary N) is 1. The lowest BCUT2D eigenvalue weighted by atomic mass is 10.3. The van der Waals surface area contributed by atoms with E-state index in [-0.39, 0.29) is 5.91 Å². The number of para-hydroxylation sites is 1. The number of ether oxygens (including phenoxy) is 1. The molecule has 0 aliphatic heterocycles. The second-order valence-corrected chi connectivity index (χ2v) is 4.49. The number of rotatable bonds is 6. The minimum atomic E-state index is 0.0452. The summed E-state index contributed by atoms with van der Waals surface area (Å²) in [6.45, 7) is 3.31. The fourth-order valence-corrected chi connectivity index (χ4v) is 1.78. The summed E-state index contributed by atoms with van der Waals surface area (Å²) in [4.78, 5) is 11.6. The molecule has 1 aromatic rings. The van der Waals surface area contributed by atoms with Crippen LogP contribution in [0.2, 0.25) is 0 Å². The maximum Gasteiger partial charge on any atom is 0.224 e. The molecule has 0 fully saturated rings. The number of halogens is 1. The Morgan fingerprint density at radius 2 is 2.19 bits per heavy atom. The van der Waals surface area contributed by atoms with E-state index in [1.54, 1.807) is 0 Å². The summed E-state index contributed by atoms with van der Waals surface area (Å²) in [6.07, 6.45) is 1.27. The third-order valence-corrected chi connectivity index (χ3v) is 2.99. The van der Waals surface area contributed by atoms with Gasteiger partial charge in [0, 0.05) is 23.2 Å². The predicted molar refractivity (Wildman–Crippen MR) is 73.5 cm³/mol. The highest BCUT2D eigenvalue weighted by atomic mass is 127. The van der Waals surface area contributed by atoms with Gasteiger partial charge in [0.05, 0.1) is 5.69 Å². The first-order valence-corrected chi connectivity index (χ1v) is 6.44. The Morgan fingerprint density at radius 3 is 2.88 bits per heavy atom. The van der Waals surface area contributed by atoms with Gasteiger partial charge in [-0.15, -0.1) is 0 Å². The first-order chi connectivity index (χ1) is 7.74. The van der Waals surface area contributed by atoms with Crippen LogP contribution in [0.15, 0.2) is 24.3 Å². The molecule has 0 aromatic heterocycles. The summed E-state index contributed by atoms with van der Waals surface area (Å²) >= 11 is 2.21. The van der Waals surface area contributed by atoms with Crippen LogP contribution < -0.4 is 5.32 Å². The standard InChI is InChI=1S/C12H16INO2/c1-2-16-9-5-8-12(15)14-11-7-4-3-6-10(11)13/h3-4,6-7H,2,5,8-9H2,1H3,(H,14,15). The Bertz CT molecular complexity index is 342. The Morgan fingerprint density at radius 1 is 1.44 bits per heavy atom. The summed E-state index contributed by atoms with van der Waals surface area (Å²) in [5.74, 6) is 0.0452. The molecular weight excluding hydrogens is 317 g/mol. The summed E-state index contributed by atoms with van der Waals surface area (Å²) in [5, 5.41) is 2.89. The van der Waals surface area contributed by atoms with E-state index in [0.29, 0.717) is 19.6 Å². The van der Waals surface area contributed by atoms with Crippen LogP contribution in [0, 0.1) is 3.57 Å². The highest BCUT2D eigenvalue weighted by molar-refractivity contribution is 14.1. The summed E-state index contributed by atoms with van der Waals surface area (Å²) < 4.78 is 6.23. The van der Waals surface area contributed by atoms with Crippen LogP contribution in [-0.4, -0.2) is 19.1 Å². The zero-order valence-electron chi connectivity index (χ0n) is 9.33. The molecular formula is C12H16INO2. The smallest absolute Gasteiger partial charge is 0.224 e. The molecule has 0 spiro atoms. The van der Waals surface area contributed by atoms with Crippen LogP contribution in [0.3, 0.4) is 0 Å². The number of carbonyl (C=O) groups excluding carboxylic acids is 1. The van der Waals surface area contributed by atoms with E-state index < -0.39 is 0 Å². The molecule has 0 heterocycles. The first-order valence-electron chi connectivity index (χ1n) is 5.36. The van der Waals surface area contributed by atoms with Crippen molar-refractivity contribution in [2.75, 3.05) is 18.5 Å². The van der Waals surface area contributed by atoms with Crippen molar-refractivity contribution in [3.8, 4) is 0 Å². The molecule has 4 heteroatoms. The molecule has 0 saturated carbocycles. The van der Waals surface area contributed by atoms with Gasteiger partial charge >= 0.3 is 0 Å². The zero-order valence-corrected chi connectivity index (χ0v) is 11.5. The molecule has 0 aliphatic rings. The second-order valence-electron chi connectivity index (χ2n) is 3.33. The first kappa shape index (κ1) is 13.4. The quantitative estimate of drug-likeness (QED) is 0.642. The van der Waals surface area contributed by atoms with Crippen molar-refractivity contribution in [1.29, 1.82) is 0 Å².